The Labute approximate surface area is 153 Å². The molecular weight excluding hydrogens is 356 g/mol. The highest BCUT2D eigenvalue weighted by Crippen LogP contribution is 2.27. The van der Waals surface area contributed by atoms with Gasteiger partial charge >= 0.3 is 0 Å². The van der Waals surface area contributed by atoms with E-state index in [1.54, 1.807) is 24.6 Å². The Bertz CT molecular complexity index is 889. The van der Waals surface area contributed by atoms with Crippen LogP contribution >= 0.6 is 23.1 Å². The van der Waals surface area contributed by atoms with Crippen molar-refractivity contribution in [2.45, 2.75) is 17.3 Å². The van der Waals surface area contributed by atoms with E-state index in [0.717, 1.165) is 10.8 Å². The van der Waals surface area contributed by atoms with E-state index in [1.165, 1.54) is 23.1 Å². The molecule has 0 spiro atoms. The number of aromatic nitrogens is 2. The third kappa shape index (κ3) is 3.92. The maximum atomic E-state index is 12.4. The van der Waals surface area contributed by atoms with Gasteiger partial charge in [0.05, 0.1) is 10.8 Å². The van der Waals surface area contributed by atoms with Crippen LogP contribution in [0.25, 0.3) is 5.69 Å². The number of benzene rings is 1. The fourth-order valence-corrected chi connectivity index (χ4v) is 3.87. The Hall–Kier alpha value is -2.58. The van der Waals surface area contributed by atoms with E-state index in [-0.39, 0.29) is 5.91 Å². The summed E-state index contributed by atoms with van der Waals surface area (Å²) in [5, 5.41) is 5.27. The van der Waals surface area contributed by atoms with Gasteiger partial charge in [0.25, 0.3) is 5.91 Å². The Balaban J connectivity index is 1.72. The molecule has 2 heterocycles. The average molecular weight is 372 g/mol. The van der Waals surface area contributed by atoms with Gasteiger partial charge < -0.3 is 11.1 Å². The number of imidazole rings is 1. The van der Waals surface area contributed by atoms with Crippen molar-refractivity contribution in [1.29, 1.82) is 0 Å². The van der Waals surface area contributed by atoms with E-state index in [1.807, 2.05) is 41.1 Å². The highest BCUT2D eigenvalue weighted by Gasteiger charge is 2.20. The largest absolute Gasteiger partial charge is 0.366 e. The molecule has 2 amide bonds. The topological polar surface area (TPSA) is 90.0 Å². The number of nitrogens with two attached hydrogens (primary N) is 1. The summed E-state index contributed by atoms with van der Waals surface area (Å²) in [6.45, 7) is 1.79. The summed E-state index contributed by atoms with van der Waals surface area (Å²) in [6, 6.07) is 11.4. The van der Waals surface area contributed by atoms with Crippen LogP contribution in [0.4, 0.5) is 5.00 Å². The molecule has 6 nitrogen and oxygen atoms in total. The lowest BCUT2D eigenvalue weighted by Crippen LogP contribution is -2.24. The van der Waals surface area contributed by atoms with Gasteiger partial charge in [-0.15, -0.1) is 11.3 Å². The molecule has 0 aliphatic rings. The zero-order chi connectivity index (χ0) is 17.8. The van der Waals surface area contributed by atoms with Crippen LogP contribution in [0.5, 0.6) is 0 Å². The lowest BCUT2D eigenvalue weighted by molar-refractivity contribution is -0.115. The summed E-state index contributed by atoms with van der Waals surface area (Å²) in [7, 11) is 0. The van der Waals surface area contributed by atoms with Crippen molar-refractivity contribution < 1.29 is 9.59 Å². The molecule has 0 aliphatic carbocycles. The van der Waals surface area contributed by atoms with Crippen molar-refractivity contribution >= 4 is 39.9 Å². The molecule has 1 atom stereocenters. The van der Waals surface area contributed by atoms with Crippen LogP contribution < -0.4 is 11.1 Å². The van der Waals surface area contributed by atoms with Gasteiger partial charge in [0.1, 0.15) is 5.00 Å². The lowest BCUT2D eigenvalue weighted by atomic mass is 10.3. The molecular formula is C17H16N4O2S2. The van der Waals surface area contributed by atoms with E-state index >= 15 is 0 Å². The second kappa shape index (κ2) is 7.54. The minimum Gasteiger partial charge on any atom is -0.366 e. The highest BCUT2D eigenvalue weighted by molar-refractivity contribution is 8.00. The monoisotopic (exact) mass is 372 g/mol. The van der Waals surface area contributed by atoms with E-state index in [9.17, 15) is 9.59 Å². The zero-order valence-electron chi connectivity index (χ0n) is 13.4. The maximum Gasteiger partial charge on any atom is 0.251 e. The molecule has 128 valence electrons. The van der Waals surface area contributed by atoms with Crippen LogP contribution in [0.2, 0.25) is 0 Å². The number of thiophene rings is 1. The van der Waals surface area contributed by atoms with Crippen molar-refractivity contribution in [3.63, 3.8) is 0 Å². The first kappa shape index (κ1) is 17.2. The van der Waals surface area contributed by atoms with Crippen LogP contribution in [0.3, 0.4) is 0 Å². The van der Waals surface area contributed by atoms with Gasteiger partial charge in [-0.1, -0.05) is 30.0 Å². The summed E-state index contributed by atoms with van der Waals surface area (Å²) < 4.78 is 1.93. The number of primary amides is 1. The number of nitrogens with zero attached hydrogens (tertiary/aromatic N) is 2. The third-order valence-electron chi connectivity index (χ3n) is 3.46. The van der Waals surface area contributed by atoms with E-state index in [2.05, 4.69) is 10.3 Å². The average Bonchev–Trinajstić information content (AvgIpc) is 3.25. The molecule has 0 saturated heterocycles. The van der Waals surface area contributed by atoms with Crippen molar-refractivity contribution in [3.05, 3.63) is 59.7 Å². The van der Waals surface area contributed by atoms with Crippen LogP contribution in [0.15, 0.2) is 59.3 Å². The standard InChI is InChI=1S/C17H16N4O2S2/c1-11(15(23)20-16-13(14(18)22)7-10-24-16)25-17-19-8-9-21(17)12-5-3-2-4-6-12/h2-11H,1H3,(H2,18,22)(H,20,23)/t11-/m1/s1. The Morgan fingerprint density at radius 3 is 2.76 bits per heavy atom. The van der Waals surface area contributed by atoms with Crippen molar-refractivity contribution in [1.82, 2.24) is 9.55 Å². The van der Waals surface area contributed by atoms with Gasteiger partial charge in [-0.05, 0) is 30.5 Å². The molecule has 0 saturated carbocycles. The van der Waals surface area contributed by atoms with Crippen LogP contribution in [0.1, 0.15) is 17.3 Å². The summed E-state index contributed by atoms with van der Waals surface area (Å²) in [5.74, 6) is -0.769. The lowest BCUT2D eigenvalue weighted by Gasteiger charge is -2.13. The first-order valence-corrected chi connectivity index (χ1v) is 9.26. The van der Waals surface area contributed by atoms with Gasteiger partial charge in [-0.2, -0.15) is 0 Å². The molecule has 3 N–H and O–H groups in total. The van der Waals surface area contributed by atoms with E-state index < -0.39 is 11.2 Å². The SMILES string of the molecule is C[C@@H](Sc1nccn1-c1ccccc1)C(=O)Nc1sccc1C(N)=O. The molecule has 8 heteroatoms. The third-order valence-corrected chi connectivity index (χ3v) is 5.37. The number of anilines is 1. The number of carbonyl (C=O) groups excluding carboxylic acids is 2. The maximum absolute atomic E-state index is 12.4. The fraction of sp³-hybridized carbons (Fsp3) is 0.118. The molecule has 0 radical (unpaired) electrons. The van der Waals surface area contributed by atoms with Gasteiger partial charge in [0, 0.05) is 18.1 Å². The molecule has 0 fully saturated rings. The predicted octanol–water partition coefficient (Wildman–Crippen LogP) is 3.15. The Kier molecular flexibility index (Phi) is 5.20. The number of carbonyl (C=O) groups is 2. The quantitative estimate of drug-likeness (QED) is 0.651. The number of hydrogen-bond acceptors (Lipinski definition) is 5. The number of thioether (sulfide) groups is 1. The van der Waals surface area contributed by atoms with E-state index in [0.29, 0.717) is 10.6 Å². The van der Waals surface area contributed by atoms with Crippen molar-refractivity contribution in [2.24, 2.45) is 5.73 Å². The summed E-state index contributed by atoms with van der Waals surface area (Å²) >= 11 is 2.61. The fourth-order valence-electron chi connectivity index (χ4n) is 2.19. The molecule has 0 aliphatic heterocycles. The minimum absolute atomic E-state index is 0.211. The summed E-state index contributed by atoms with van der Waals surface area (Å²) in [5.41, 5.74) is 6.60. The molecule has 3 aromatic rings. The van der Waals surface area contributed by atoms with Crippen LogP contribution in [-0.4, -0.2) is 26.6 Å². The number of nitrogens with one attached hydrogen (secondary N) is 1. The molecule has 3 rings (SSSR count). The van der Waals surface area contributed by atoms with Gasteiger partial charge in [-0.25, -0.2) is 4.98 Å². The Morgan fingerprint density at radius 2 is 2.04 bits per heavy atom. The van der Waals surface area contributed by atoms with Gasteiger partial charge in [0.15, 0.2) is 5.16 Å². The zero-order valence-corrected chi connectivity index (χ0v) is 15.0. The first-order chi connectivity index (χ1) is 12.1. The minimum atomic E-state index is -0.559. The van der Waals surface area contributed by atoms with Crippen molar-refractivity contribution in [2.75, 3.05) is 5.32 Å². The normalized spacial score (nSPS) is 11.9. The summed E-state index contributed by atoms with van der Waals surface area (Å²) in [6.07, 6.45) is 3.55. The van der Waals surface area contributed by atoms with Crippen LogP contribution in [0, 0.1) is 0 Å². The highest BCUT2D eigenvalue weighted by atomic mass is 32.2. The molecule has 0 bridgehead atoms. The number of rotatable bonds is 6. The second-order valence-electron chi connectivity index (χ2n) is 5.19. The smallest absolute Gasteiger partial charge is 0.251 e. The van der Waals surface area contributed by atoms with Crippen molar-refractivity contribution in [3.8, 4) is 5.69 Å². The first-order valence-electron chi connectivity index (χ1n) is 7.50. The molecule has 1 aromatic carbocycles. The van der Waals surface area contributed by atoms with Gasteiger partial charge in [-0.3, -0.25) is 14.2 Å². The molecule has 2 aromatic heterocycles. The number of hydrogen-bond donors (Lipinski definition) is 2. The molecule has 0 unspecified atom stereocenters. The predicted molar refractivity (Wildman–Crippen MR) is 100 cm³/mol. The van der Waals surface area contributed by atoms with Gasteiger partial charge in [0.2, 0.25) is 5.91 Å². The van der Waals surface area contributed by atoms with Crippen LogP contribution in [-0.2, 0) is 4.79 Å². The molecule has 25 heavy (non-hydrogen) atoms. The second-order valence-corrected chi connectivity index (χ2v) is 7.42. The Morgan fingerprint density at radius 1 is 1.28 bits per heavy atom. The van der Waals surface area contributed by atoms with E-state index in [4.69, 9.17) is 5.73 Å². The summed E-state index contributed by atoms with van der Waals surface area (Å²) in [4.78, 5) is 28.1. The number of amides is 2. The number of para-hydroxylation sites is 1.